The highest BCUT2D eigenvalue weighted by molar-refractivity contribution is 9.10. The van der Waals surface area contributed by atoms with Crippen LogP contribution in [0.3, 0.4) is 0 Å². The Morgan fingerprint density at radius 1 is 1.33 bits per heavy atom. The van der Waals surface area contributed by atoms with Gasteiger partial charge in [0.05, 0.1) is 5.56 Å². The summed E-state index contributed by atoms with van der Waals surface area (Å²) < 4.78 is 0.874. The monoisotopic (exact) mass is 318 g/mol. The van der Waals surface area contributed by atoms with E-state index < -0.39 is 0 Å². The summed E-state index contributed by atoms with van der Waals surface area (Å²) in [5.41, 5.74) is 3.30. The van der Waals surface area contributed by atoms with Crippen molar-refractivity contribution < 1.29 is 0 Å². The van der Waals surface area contributed by atoms with E-state index in [-0.39, 0.29) is 0 Å². The third-order valence-corrected chi connectivity index (χ3v) is 4.93. The van der Waals surface area contributed by atoms with Gasteiger partial charge >= 0.3 is 0 Å². The Hall–Kier alpha value is -1.31. The molecule has 0 unspecified atom stereocenters. The van der Waals surface area contributed by atoms with E-state index in [1.54, 1.807) is 0 Å². The van der Waals surface area contributed by atoms with E-state index in [4.69, 9.17) is 5.26 Å². The molecule has 0 spiro atoms. The molecule has 18 heavy (non-hydrogen) atoms. The molecule has 3 rings (SSSR count). The average molecular weight is 319 g/mol. The summed E-state index contributed by atoms with van der Waals surface area (Å²) in [6.07, 6.45) is 1.12. The van der Waals surface area contributed by atoms with Crippen molar-refractivity contribution in [3.63, 3.8) is 0 Å². The van der Waals surface area contributed by atoms with Gasteiger partial charge in [0.1, 0.15) is 6.07 Å². The van der Waals surface area contributed by atoms with Gasteiger partial charge < -0.3 is 4.90 Å². The third-order valence-electron chi connectivity index (χ3n) is 3.25. The average Bonchev–Trinajstić information content (AvgIpc) is 2.85. The van der Waals surface area contributed by atoms with Crippen molar-refractivity contribution in [3.8, 4) is 6.07 Å². The molecule has 2 aromatic rings. The Morgan fingerprint density at radius 3 is 3.00 bits per heavy atom. The molecule has 0 N–H and O–H groups in total. The Balaban J connectivity index is 1.89. The minimum Gasteiger partial charge on any atom is -0.367 e. The number of benzene rings is 1. The van der Waals surface area contributed by atoms with Gasteiger partial charge in [0.25, 0.3) is 0 Å². The maximum Gasteiger partial charge on any atom is 0.100 e. The van der Waals surface area contributed by atoms with Gasteiger partial charge in [0.15, 0.2) is 0 Å². The minimum absolute atomic E-state index is 0.687. The Labute approximate surface area is 119 Å². The lowest BCUT2D eigenvalue weighted by Crippen LogP contribution is -2.29. The van der Waals surface area contributed by atoms with E-state index in [1.807, 2.05) is 29.5 Å². The van der Waals surface area contributed by atoms with Gasteiger partial charge in [-0.15, -0.1) is 11.3 Å². The van der Waals surface area contributed by atoms with Crippen LogP contribution in [-0.4, -0.2) is 6.54 Å². The molecule has 1 aromatic carbocycles. The first-order chi connectivity index (χ1) is 8.78. The molecule has 2 nitrogen and oxygen atoms in total. The second kappa shape index (κ2) is 4.75. The van der Waals surface area contributed by atoms with E-state index in [0.717, 1.165) is 24.0 Å². The fraction of sp³-hybridized carbons (Fsp3) is 0.214. The molecule has 0 amide bonds. The number of thiophene rings is 1. The normalized spacial score (nSPS) is 14.1. The van der Waals surface area contributed by atoms with Crippen molar-refractivity contribution in [2.24, 2.45) is 0 Å². The van der Waals surface area contributed by atoms with Crippen LogP contribution >= 0.6 is 27.3 Å². The summed E-state index contributed by atoms with van der Waals surface area (Å²) in [6.45, 7) is 2.02. The highest BCUT2D eigenvalue weighted by atomic mass is 79.9. The Kier molecular flexibility index (Phi) is 3.11. The molecule has 1 aliphatic rings. The molecule has 1 aromatic heterocycles. The summed E-state index contributed by atoms with van der Waals surface area (Å²) in [5, 5.41) is 11.1. The lowest BCUT2D eigenvalue weighted by molar-refractivity contribution is 0.743. The van der Waals surface area contributed by atoms with Crippen molar-refractivity contribution in [1.82, 2.24) is 0 Å². The van der Waals surface area contributed by atoms with Gasteiger partial charge in [-0.3, -0.25) is 0 Å². The zero-order valence-corrected chi connectivity index (χ0v) is 12.1. The number of halogens is 1. The number of hydrogen-bond donors (Lipinski definition) is 0. The molecule has 0 fully saturated rings. The van der Waals surface area contributed by atoms with Crippen LogP contribution in [0.15, 0.2) is 34.1 Å². The van der Waals surface area contributed by atoms with Gasteiger partial charge in [-0.25, -0.2) is 0 Å². The third kappa shape index (κ3) is 2.05. The Morgan fingerprint density at radius 2 is 2.22 bits per heavy atom. The lowest BCUT2D eigenvalue weighted by atomic mass is 10.1. The number of nitriles is 1. The molecule has 90 valence electrons. The fourth-order valence-corrected chi connectivity index (χ4v) is 3.61. The number of hydrogen-bond acceptors (Lipinski definition) is 3. The van der Waals surface area contributed by atoms with E-state index in [9.17, 15) is 0 Å². The molecular weight excluding hydrogens is 308 g/mol. The van der Waals surface area contributed by atoms with Crippen molar-refractivity contribution in [2.45, 2.75) is 13.0 Å². The predicted molar refractivity (Wildman–Crippen MR) is 77.9 cm³/mol. The van der Waals surface area contributed by atoms with Crippen LogP contribution in [-0.2, 0) is 13.0 Å². The quantitative estimate of drug-likeness (QED) is 0.796. The maximum absolute atomic E-state index is 8.93. The number of nitrogens with zero attached hydrogens (tertiary/aromatic N) is 2. The van der Waals surface area contributed by atoms with Gasteiger partial charge in [-0.2, -0.15) is 5.26 Å². The first-order valence-corrected chi connectivity index (χ1v) is 7.45. The van der Waals surface area contributed by atoms with Crippen LogP contribution < -0.4 is 4.90 Å². The highest BCUT2D eigenvalue weighted by Crippen LogP contribution is 2.30. The number of fused-ring (bicyclic) bond motifs is 1. The molecule has 4 heteroatoms. The van der Waals surface area contributed by atoms with E-state index in [2.05, 4.69) is 38.3 Å². The lowest BCUT2D eigenvalue weighted by Gasteiger charge is -2.29. The van der Waals surface area contributed by atoms with Crippen molar-refractivity contribution >= 4 is 33.0 Å². The predicted octanol–water partition coefficient (Wildman–Crippen LogP) is 3.94. The Bertz CT molecular complexity index is 627. The summed E-state index contributed by atoms with van der Waals surface area (Å²) in [6, 6.07) is 10.3. The van der Waals surface area contributed by atoms with Crippen molar-refractivity contribution in [2.75, 3.05) is 11.4 Å². The summed E-state index contributed by atoms with van der Waals surface area (Å²) in [5.74, 6) is 0. The van der Waals surface area contributed by atoms with Gasteiger partial charge in [-0.05, 0) is 57.6 Å². The molecule has 2 heterocycles. The molecule has 0 saturated carbocycles. The van der Waals surface area contributed by atoms with Gasteiger partial charge in [0, 0.05) is 28.1 Å². The van der Waals surface area contributed by atoms with Crippen LogP contribution in [0, 0.1) is 11.3 Å². The topological polar surface area (TPSA) is 27.0 Å². The summed E-state index contributed by atoms with van der Waals surface area (Å²) in [4.78, 5) is 3.87. The van der Waals surface area contributed by atoms with Gasteiger partial charge in [-0.1, -0.05) is 0 Å². The van der Waals surface area contributed by atoms with Crippen LogP contribution in [0.1, 0.15) is 16.0 Å². The summed E-state index contributed by atoms with van der Waals surface area (Å²) in [7, 11) is 0. The van der Waals surface area contributed by atoms with E-state index in [0.29, 0.717) is 5.56 Å². The highest BCUT2D eigenvalue weighted by Gasteiger charge is 2.17. The molecule has 0 bridgehead atoms. The molecule has 0 atom stereocenters. The van der Waals surface area contributed by atoms with Crippen LogP contribution in [0.25, 0.3) is 0 Å². The fourth-order valence-electron chi connectivity index (χ4n) is 2.26. The molecular formula is C14H11BrN2S. The largest absolute Gasteiger partial charge is 0.367 e. The van der Waals surface area contributed by atoms with Crippen LogP contribution in [0.5, 0.6) is 0 Å². The summed E-state index contributed by atoms with van der Waals surface area (Å²) >= 11 is 5.30. The molecule has 0 radical (unpaired) electrons. The zero-order chi connectivity index (χ0) is 12.5. The van der Waals surface area contributed by atoms with Crippen LogP contribution in [0.4, 0.5) is 5.69 Å². The second-order valence-electron chi connectivity index (χ2n) is 4.32. The second-order valence-corrected chi connectivity index (χ2v) is 6.17. The molecule has 0 saturated heterocycles. The van der Waals surface area contributed by atoms with Gasteiger partial charge in [0.2, 0.25) is 0 Å². The van der Waals surface area contributed by atoms with E-state index in [1.165, 1.54) is 16.1 Å². The smallest absolute Gasteiger partial charge is 0.100 e. The van der Waals surface area contributed by atoms with Crippen molar-refractivity contribution in [3.05, 3.63) is 50.1 Å². The first-order valence-electron chi connectivity index (χ1n) is 5.78. The molecule has 1 aliphatic heterocycles. The minimum atomic E-state index is 0.687. The number of anilines is 1. The number of rotatable bonds is 1. The van der Waals surface area contributed by atoms with Crippen molar-refractivity contribution in [1.29, 1.82) is 5.26 Å². The standard InChI is InChI=1S/C14H11BrN2S/c15-13-7-12(2-1-10(13)8-16)17-5-3-14-11(9-17)4-6-18-14/h1-2,4,6-7H,3,5,9H2. The first kappa shape index (κ1) is 11.8. The zero-order valence-electron chi connectivity index (χ0n) is 9.69. The molecule has 0 aliphatic carbocycles. The van der Waals surface area contributed by atoms with Crippen LogP contribution in [0.2, 0.25) is 0 Å². The van der Waals surface area contributed by atoms with E-state index >= 15 is 0 Å². The SMILES string of the molecule is N#Cc1ccc(N2CCc3sccc3C2)cc1Br. The maximum atomic E-state index is 8.93.